The number of aromatic carboxylic acids is 1. The maximum atomic E-state index is 13.0. The van der Waals surface area contributed by atoms with Crippen molar-refractivity contribution < 1.29 is 24.2 Å². The Morgan fingerprint density at radius 3 is 2.62 bits per heavy atom. The van der Waals surface area contributed by atoms with Crippen molar-refractivity contribution in [2.75, 3.05) is 18.2 Å². The van der Waals surface area contributed by atoms with Crippen molar-refractivity contribution in [2.24, 2.45) is 5.10 Å². The number of carboxylic acids is 1. The molecule has 32 heavy (non-hydrogen) atoms. The van der Waals surface area contributed by atoms with Gasteiger partial charge in [0.1, 0.15) is 0 Å². The Bertz CT molecular complexity index is 1090. The van der Waals surface area contributed by atoms with Gasteiger partial charge in [-0.3, -0.25) is 4.79 Å². The lowest BCUT2D eigenvalue weighted by Gasteiger charge is -2.13. The van der Waals surface area contributed by atoms with E-state index < -0.39 is 5.97 Å². The molecular formula is C24H25ClN2O5. The van der Waals surface area contributed by atoms with Crippen LogP contribution in [0.25, 0.3) is 6.08 Å². The molecule has 1 N–H and O–H groups in total. The first-order valence-corrected chi connectivity index (χ1v) is 10.8. The lowest BCUT2D eigenvalue weighted by molar-refractivity contribution is -0.114. The summed E-state index contributed by atoms with van der Waals surface area (Å²) < 4.78 is 11.5. The predicted molar refractivity (Wildman–Crippen MR) is 125 cm³/mol. The highest BCUT2D eigenvalue weighted by atomic mass is 35.5. The van der Waals surface area contributed by atoms with Crippen molar-refractivity contribution in [3.05, 3.63) is 58.1 Å². The summed E-state index contributed by atoms with van der Waals surface area (Å²) in [6, 6.07) is 9.83. The van der Waals surface area contributed by atoms with Gasteiger partial charge in [0.25, 0.3) is 5.91 Å². The van der Waals surface area contributed by atoms with E-state index in [0.29, 0.717) is 41.7 Å². The van der Waals surface area contributed by atoms with Gasteiger partial charge in [-0.1, -0.05) is 31.0 Å². The second-order valence-corrected chi connectivity index (χ2v) is 7.58. The van der Waals surface area contributed by atoms with Crippen LogP contribution in [0.4, 0.5) is 5.69 Å². The first-order valence-electron chi connectivity index (χ1n) is 10.4. The lowest BCUT2D eigenvalue weighted by Crippen LogP contribution is -2.21. The Kier molecular flexibility index (Phi) is 7.53. The SMILES string of the molecule is CCCCOc1ccc(/C=C2\C(=O)N(c3ccc(Cl)c(C(=O)O)c3)N=C2C)cc1OCC. The minimum Gasteiger partial charge on any atom is -0.490 e. The highest BCUT2D eigenvalue weighted by Gasteiger charge is 2.29. The number of unbranched alkanes of at least 4 members (excludes halogenated alkanes) is 1. The Balaban J connectivity index is 1.89. The number of hydrogen-bond donors (Lipinski definition) is 1. The molecule has 0 fully saturated rings. The minimum absolute atomic E-state index is 0.0917. The van der Waals surface area contributed by atoms with E-state index in [0.717, 1.165) is 18.4 Å². The van der Waals surface area contributed by atoms with Crippen molar-refractivity contribution in [1.29, 1.82) is 0 Å². The van der Waals surface area contributed by atoms with Crippen LogP contribution in [0, 0.1) is 0 Å². The number of carbonyl (C=O) groups excluding carboxylic acids is 1. The van der Waals surface area contributed by atoms with Crippen LogP contribution in [0.5, 0.6) is 11.5 Å². The molecule has 7 nitrogen and oxygen atoms in total. The molecule has 0 saturated heterocycles. The number of hydrazone groups is 1. The number of carboxylic acid groups (broad SMARTS) is 1. The number of anilines is 1. The molecule has 168 valence electrons. The van der Waals surface area contributed by atoms with Gasteiger partial charge in [0, 0.05) is 0 Å². The van der Waals surface area contributed by atoms with Crippen LogP contribution in [-0.2, 0) is 4.79 Å². The van der Waals surface area contributed by atoms with E-state index in [4.69, 9.17) is 21.1 Å². The molecule has 0 bridgehead atoms. The van der Waals surface area contributed by atoms with Crippen LogP contribution in [0.3, 0.4) is 0 Å². The van der Waals surface area contributed by atoms with E-state index in [9.17, 15) is 14.7 Å². The Labute approximate surface area is 191 Å². The number of ether oxygens (including phenoxy) is 2. The molecule has 0 radical (unpaired) electrons. The minimum atomic E-state index is -1.18. The Hall–Kier alpha value is -3.32. The average Bonchev–Trinajstić information content (AvgIpc) is 3.04. The molecule has 3 rings (SSSR count). The van der Waals surface area contributed by atoms with E-state index in [2.05, 4.69) is 12.0 Å². The number of nitrogens with zero attached hydrogens (tertiary/aromatic N) is 2. The standard InChI is InChI=1S/C24H25ClN2O5/c1-4-6-11-32-21-10-7-16(13-22(21)31-5-2)12-18-15(3)26-27(23(18)28)17-8-9-20(25)19(14-17)24(29)30/h7-10,12-14H,4-6,11H2,1-3H3,(H,29,30)/b18-12-. The molecule has 2 aromatic carbocycles. The summed E-state index contributed by atoms with van der Waals surface area (Å²) in [5, 5.41) is 14.9. The monoisotopic (exact) mass is 456 g/mol. The van der Waals surface area contributed by atoms with E-state index in [-0.39, 0.29) is 16.5 Å². The smallest absolute Gasteiger partial charge is 0.337 e. The molecule has 2 aromatic rings. The molecule has 0 spiro atoms. The molecule has 1 aliphatic heterocycles. The normalized spacial score (nSPS) is 14.6. The molecule has 0 atom stereocenters. The van der Waals surface area contributed by atoms with Gasteiger partial charge in [-0.2, -0.15) is 10.1 Å². The number of halogens is 1. The van der Waals surface area contributed by atoms with Gasteiger partial charge >= 0.3 is 5.97 Å². The molecular weight excluding hydrogens is 432 g/mol. The lowest BCUT2D eigenvalue weighted by atomic mass is 10.1. The van der Waals surface area contributed by atoms with Crippen molar-refractivity contribution in [2.45, 2.75) is 33.6 Å². The maximum Gasteiger partial charge on any atom is 0.337 e. The van der Waals surface area contributed by atoms with Gasteiger partial charge in [0.05, 0.1) is 40.8 Å². The molecule has 8 heteroatoms. The van der Waals surface area contributed by atoms with Crippen LogP contribution >= 0.6 is 11.6 Å². The van der Waals surface area contributed by atoms with Gasteiger partial charge in [-0.15, -0.1) is 0 Å². The molecule has 0 aliphatic carbocycles. The second-order valence-electron chi connectivity index (χ2n) is 7.17. The van der Waals surface area contributed by atoms with Crippen LogP contribution in [0.15, 0.2) is 47.1 Å². The van der Waals surface area contributed by atoms with E-state index >= 15 is 0 Å². The molecule has 0 aromatic heterocycles. The fraction of sp³-hybridized carbons (Fsp3) is 0.292. The van der Waals surface area contributed by atoms with Crippen LogP contribution in [0.1, 0.15) is 49.5 Å². The largest absolute Gasteiger partial charge is 0.490 e. The second kappa shape index (κ2) is 10.3. The Morgan fingerprint density at radius 1 is 1.16 bits per heavy atom. The van der Waals surface area contributed by atoms with E-state index in [1.165, 1.54) is 17.1 Å². The van der Waals surface area contributed by atoms with Gasteiger partial charge in [-0.05, 0) is 62.2 Å². The van der Waals surface area contributed by atoms with Crippen LogP contribution in [-0.4, -0.2) is 35.9 Å². The zero-order valence-electron chi connectivity index (χ0n) is 18.2. The average molecular weight is 457 g/mol. The van der Waals surface area contributed by atoms with E-state index in [1.807, 2.05) is 25.1 Å². The third kappa shape index (κ3) is 5.11. The van der Waals surface area contributed by atoms with Crippen LogP contribution < -0.4 is 14.5 Å². The first-order chi connectivity index (χ1) is 15.3. The summed E-state index contributed by atoms with van der Waals surface area (Å²) >= 11 is 5.94. The summed E-state index contributed by atoms with van der Waals surface area (Å²) in [6.45, 7) is 6.81. The van der Waals surface area contributed by atoms with Gasteiger partial charge in [0.2, 0.25) is 0 Å². The van der Waals surface area contributed by atoms with Crippen molar-refractivity contribution >= 4 is 41.0 Å². The zero-order chi connectivity index (χ0) is 23.3. The summed E-state index contributed by atoms with van der Waals surface area (Å²) in [6.07, 6.45) is 3.71. The van der Waals surface area contributed by atoms with Crippen molar-refractivity contribution in [3.8, 4) is 11.5 Å². The van der Waals surface area contributed by atoms with Crippen LogP contribution in [0.2, 0.25) is 5.02 Å². The fourth-order valence-corrected chi connectivity index (χ4v) is 3.36. The van der Waals surface area contributed by atoms with Gasteiger partial charge in [0.15, 0.2) is 11.5 Å². The first kappa shape index (κ1) is 23.3. The zero-order valence-corrected chi connectivity index (χ0v) is 19.0. The molecule has 1 aliphatic rings. The quantitative estimate of drug-likeness (QED) is 0.402. The summed E-state index contributed by atoms with van der Waals surface area (Å²) in [4.78, 5) is 24.4. The van der Waals surface area contributed by atoms with Crippen molar-refractivity contribution in [3.63, 3.8) is 0 Å². The molecule has 1 amide bonds. The molecule has 0 saturated carbocycles. The summed E-state index contributed by atoms with van der Waals surface area (Å²) in [7, 11) is 0. The highest BCUT2D eigenvalue weighted by Crippen LogP contribution is 2.32. The molecule has 0 unspecified atom stereocenters. The number of amides is 1. The van der Waals surface area contributed by atoms with Crippen molar-refractivity contribution in [1.82, 2.24) is 0 Å². The van der Waals surface area contributed by atoms with Gasteiger partial charge < -0.3 is 14.6 Å². The third-order valence-corrected chi connectivity index (χ3v) is 5.15. The number of carbonyl (C=O) groups is 2. The number of rotatable bonds is 9. The maximum absolute atomic E-state index is 13.0. The van der Waals surface area contributed by atoms with Gasteiger partial charge in [-0.25, -0.2) is 4.79 Å². The third-order valence-electron chi connectivity index (χ3n) is 4.82. The summed E-state index contributed by atoms with van der Waals surface area (Å²) in [5.41, 5.74) is 1.91. The predicted octanol–water partition coefficient (Wildman–Crippen LogP) is 5.42. The topological polar surface area (TPSA) is 88.4 Å². The number of benzene rings is 2. The highest BCUT2D eigenvalue weighted by molar-refractivity contribution is 6.34. The number of hydrogen-bond acceptors (Lipinski definition) is 5. The Morgan fingerprint density at radius 2 is 1.94 bits per heavy atom. The summed E-state index contributed by atoms with van der Waals surface area (Å²) in [5.74, 6) is -0.264. The molecule has 1 heterocycles. The fourth-order valence-electron chi connectivity index (χ4n) is 3.16. The van der Waals surface area contributed by atoms with E-state index in [1.54, 1.807) is 19.1 Å².